The number of amides is 2. The number of rotatable bonds is 6. The van der Waals surface area contributed by atoms with E-state index < -0.39 is 0 Å². The van der Waals surface area contributed by atoms with Crippen LogP contribution in [-0.4, -0.2) is 41.9 Å². The number of likely N-dealkylation sites (tertiary alicyclic amines) is 1. The number of furan rings is 1. The average molecular weight is 409 g/mol. The average Bonchev–Trinajstić information content (AvgIpc) is 3.45. The predicted molar refractivity (Wildman–Crippen MR) is 113 cm³/mol. The lowest BCUT2D eigenvalue weighted by Crippen LogP contribution is -2.42. The molecule has 3 heterocycles. The number of nitrogens with zero attached hydrogens (tertiary/aromatic N) is 1. The minimum Gasteiger partial charge on any atom is -0.497 e. The fourth-order valence-electron chi connectivity index (χ4n) is 4.08. The van der Waals surface area contributed by atoms with Gasteiger partial charge in [-0.2, -0.15) is 0 Å². The molecule has 7 nitrogen and oxygen atoms in total. The van der Waals surface area contributed by atoms with Crippen LogP contribution in [0.4, 0.5) is 0 Å². The normalized spacial score (nSPS) is 15.9. The zero-order valence-corrected chi connectivity index (χ0v) is 17.3. The standard InChI is InChI=1S/C23H27N3O4/c1-15(22(27)24-14-19-4-3-11-30-19)16-7-9-26(10-8-16)23(28)21-12-17-5-6-18(29-2)13-20(17)25-21/h3-6,11-13,15-16,25H,7-10,14H2,1-2H3,(H,24,27)/t15-/m1/s1. The predicted octanol–water partition coefficient (Wildman–Crippen LogP) is 3.57. The highest BCUT2D eigenvalue weighted by atomic mass is 16.5. The molecule has 0 radical (unpaired) electrons. The van der Waals surface area contributed by atoms with Crippen molar-refractivity contribution in [3.63, 3.8) is 0 Å². The van der Waals surface area contributed by atoms with Crippen molar-refractivity contribution >= 4 is 22.7 Å². The quantitative estimate of drug-likeness (QED) is 0.651. The lowest BCUT2D eigenvalue weighted by atomic mass is 9.84. The van der Waals surface area contributed by atoms with Crippen molar-refractivity contribution < 1.29 is 18.7 Å². The number of aromatic amines is 1. The van der Waals surface area contributed by atoms with E-state index in [0.29, 0.717) is 25.3 Å². The number of hydrogen-bond donors (Lipinski definition) is 2. The fourth-order valence-corrected chi connectivity index (χ4v) is 4.08. The molecule has 0 spiro atoms. The summed E-state index contributed by atoms with van der Waals surface area (Å²) in [4.78, 5) is 30.5. The second-order valence-electron chi connectivity index (χ2n) is 7.85. The Morgan fingerprint density at radius 3 is 2.77 bits per heavy atom. The van der Waals surface area contributed by atoms with Gasteiger partial charge in [0, 0.05) is 36.0 Å². The summed E-state index contributed by atoms with van der Waals surface area (Å²) in [6.45, 7) is 3.67. The van der Waals surface area contributed by atoms with Gasteiger partial charge >= 0.3 is 0 Å². The number of H-pyrrole nitrogens is 1. The van der Waals surface area contributed by atoms with Crippen LogP contribution in [0.25, 0.3) is 10.9 Å². The zero-order valence-electron chi connectivity index (χ0n) is 17.3. The zero-order chi connectivity index (χ0) is 21.1. The third kappa shape index (κ3) is 4.20. The van der Waals surface area contributed by atoms with Crippen molar-refractivity contribution in [2.45, 2.75) is 26.3 Å². The first kappa shape index (κ1) is 20.1. The molecule has 0 unspecified atom stereocenters. The number of nitrogens with one attached hydrogen (secondary N) is 2. The molecule has 0 saturated carbocycles. The van der Waals surface area contributed by atoms with Crippen LogP contribution < -0.4 is 10.1 Å². The molecular weight excluding hydrogens is 382 g/mol. The summed E-state index contributed by atoms with van der Waals surface area (Å²) in [6.07, 6.45) is 3.23. The van der Waals surface area contributed by atoms with Crippen molar-refractivity contribution in [3.05, 3.63) is 54.1 Å². The van der Waals surface area contributed by atoms with Crippen LogP contribution in [0.1, 0.15) is 36.0 Å². The minimum absolute atomic E-state index is 0.00135. The summed E-state index contributed by atoms with van der Waals surface area (Å²) in [5.74, 6) is 1.69. The van der Waals surface area contributed by atoms with Crippen LogP contribution in [0.3, 0.4) is 0 Å². The Morgan fingerprint density at radius 1 is 1.27 bits per heavy atom. The molecule has 2 amide bonds. The Balaban J connectivity index is 1.32. The van der Waals surface area contributed by atoms with E-state index in [1.54, 1.807) is 19.4 Å². The molecule has 2 N–H and O–H groups in total. The first-order valence-electron chi connectivity index (χ1n) is 10.3. The van der Waals surface area contributed by atoms with Gasteiger partial charge in [-0.1, -0.05) is 6.92 Å². The van der Waals surface area contributed by atoms with Gasteiger partial charge in [0.2, 0.25) is 5.91 Å². The Morgan fingerprint density at radius 2 is 2.07 bits per heavy atom. The summed E-state index contributed by atoms with van der Waals surface area (Å²) in [7, 11) is 1.62. The topological polar surface area (TPSA) is 87.6 Å². The maximum absolute atomic E-state index is 12.9. The van der Waals surface area contributed by atoms with Crippen molar-refractivity contribution in [1.82, 2.24) is 15.2 Å². The van der Waals surface area contributed by atoms with E-state index in [4.69, 9.17) is 9.15 Å². The van der Waals surface area contributed by atoms with E-state index in [-0.39, 0.29) is 23.7 Å². The fraction of sp³-hybridized carbons (Fsp3) is 0.391. The van der Waals surface area contributed by atoms with Crippen molar-refractivity contribution in [2.75, 3.05) is 20.2 Å². The number of fused-ring (bicyclic) bond motifs is 1. The van der Waals surface area contributed by atoms with Gasteiger partial charge < -0.3 is 24.4 Å². The van der Waals surface area contributed by atoms with Gasteiger partial charge in [-0.05, 0) is 49.1 Å². The molecule has 4 rings (SSSR count). The number of carbonyl (C=O) groups is 2. The van der Waals surface area contributed by atoms with Crippen molar-refractivity contribution in [1.29, 1.82) is 0 Å². The van der Waals surface area contributed by atoms with E-state index >= 15 is 0 Å². The third-order valence-electron chi connectivity index (χ3n) is 6.02. The van der Waals surface area contributed by atoms with Crippen LogP contribution >= 0.6 is 0 Å². The lowest BCUT2D eigenvalue weighted by molar-refractivity contribution is -0.126. The first-order chi connectivity index (χ1) is 14.5. The first-order valence-corrected chi connectivity index (χ1v) is 10.3. The molecule has 158 valence electrons. The van der Waals surface area contributed by atoms with E-state index in [9.17, 15) is 9.59 Å². The Hall–Kier alpha value is -3.22. The number of benzene rings is 1. The van der Waals surface area contributed by atoms with Gasteiger partial charge in [-0.3, -0.25) is 9.59 Å². The molecule has 1 aliphatic rings. The van der Waals surface area contributed by atoms with Gasteiger partial charge in [-0.25, -0.2) is 0 Å². The van der Waals surface area contributed by atoms with E-state index in [1.807, 2.05) is 42.2 Å². The summed E-state index contributed by atoms with van der Waals surface area (Å²) in [5, 5.41) is 3.92. The summed E-state index contributed by atoms with van der Waals surface area (Å²) < 4.78 is 10.5. The molecule has 3 aromatic rings. The highest BCUT2D eigenvalue weighted by molar-refractivity contribution is 5.98. The molecule has 7 heteroatoms. The van der Waals surface area contributed by atoms with Crippen LogP contribution in [0.2, 0.25) is 0 Å². The Kier molecular flexibility index (Phi) is 5.79. The van der Waals surface area contributed by atoms with Crippen LogP contribution in [0.15, 0.2) is 47.1 Å². The molecule has 2 aromatic heterocycles. The molecule has 0 bridgehead atoms. The number of aromatic nitrogens is 1. The molecule has 1 aromatic carbocycles. The van der Waals surface area contributed by atoms with Crippen LogP contribution in [0, 0.1) is 11.8 Å². The van der Waals surface area contributed by atoms with Gasteiger partial charge in [0.15, 0.2) is 0 Å². The van der Waals surface area contributed by atoms with Gasteiger partial charge in [0.25, 0.3) is 5.91 Å². The SMILES string of the molecule is COc1ccc2cc(C(=O)N3CCC([C@@H](C)C(=O)NCc4ccco4)CC3)[nH]c2c1. The van der Waals surface area contributed by atoms with Gasteiger partial charge in [0.05, 0.1) is 19.9 Å². The number of carbonyl (C=O) groups excluding carboxylic acids is 2. The number of piperidine rings is 1. The summed E-state index contributed by atoms with van der Waals surface area (Å²) in [6, 6.07) is 11.2. The summed E-state index contributed by atoms with van der Waals surface area (Å²) in [5.41, 5.74) is 1.47. The second kappa shape index (κ2) is 8.65. The molecule has 30 heavy (non-hydrogen) atoms. The minimum atomic E-state index is -0.0993. The van der Waals surface area contributed by atoms with Crippen LogP contribution in [0.5, 0.6) is 5.75 Å². The summed E-state index contributed by atoms with van der Waals surface area (Å²) >= 11 is 0. The third-order valence-corrected chi connectivity index (χ3v) is 6.02. The molecule has 1 atom stereocenters. The monoisotopic (exact) mass is 409 g/mol. The lowest BCUT2D eigenvalue weighted by Gasteiger charge is -2.34. The van der Waals surface area contributed by atoms with Gasteiger partial charge in [-0.15, -0.1) is 0 Å². The van der Waals surface area contributed by atoms with E-state index in [0.717, 1.165) is 35.3 Å². The molecular formula is C23H27N3O4. The largest absolute Gasteiger partial charge is 0.497 e. The van der Waals surface area contributed by atoms with Crippen LogP contribution in [-0.2, 0) is 11.3 Å². The Bertz CT molecular complexity index is 1020. The van der Waals surface area contributed by atoms with Crippen molar-refractivity contribution in [2.24, 2.45) is 11.8 Å². The van der Waals surface area contributed by atoms with Gasteiger partial charge in [0.1, 0.15) is 17.2 Å². The maximum Gasteiger partial charge on any atom is 0.270 e. The molecule has 0 aliphatic carbocycles. The molecule has 1 saturated heterocycles. The van der Waals surface area contributed by atoms with Crippen molar-refractivity contribution in [3.8, 4) is 5.75 Å². The molecule has 1 fully saturated rings. The highest BCUT2D eigenvalue weighted by Gasteiger charge is 2.30. The second-order valence-corrected chi connectivity index (χ2v) is 7.85. The number of methoxy groups -OCH3 is 1. The highest BCUT2D eigenvalue weighted by Crippen LogP contribution is 2.27. The Labute approximate surface area is 175 Å². The number of ether oxygens (including phenoxy) is 1. The molecule has 1 aliphatic heterocycles. The smallest absolute Gasteiger partial charge is 0.270 e. The van der Waals surface area contributed by atoms with E-state index in [1.165, 1.54) is 0 Å². The van der Waals surface area contributed by atoms with E-state index in [2.05, 4.69) is 10.3 Å². The number of hydrogen-bond acceptors (Lipinski definition) is 4. The maximum atomic E-state index is 12.9.